The molecular weight excluding hydrogens is 172 g/mol. The maximum atomic E-state index is 9.58. The van der Waals surface area contributed by atoms with Gasteiger partial charge in [0.1, 0.15) is 5.75 Å². The van der Waals surface area contributed by atoms with Crippen LogP contribution in [0.4, 0.5) is 0 Å². The van der Waals surface area contributed by atoms with E-state index in [0.29, 0.717) is 11.7 Å². The molecule has 0 saturated heterocycles. The summed E-state index contributed by atoms with van der Waals surface area (Å²) in [6, 6.07) is 6.02. The molecule has 0 radical (unpaired) electrons. The average molecular weight is 190 g/mol. The molecule has 0 heterocycles. The molecule has 0 atom stereocenters. The zero-order chi connectivity index (χ0) is 10.1. The van der Waals surface area contributed by atoms with Crippen LogP contribution in [-0.4, -0.2) is 5.11 Å². The van der Waals surface area contributed by atoms with Gasteiger partial charge < -0.3 is 5.11 Å². The molecule has 0 aromatic heterocycles. The van der Waals surface area contributed by atoms with Gasteiger partial charge in [-0.15, -0.1) is 0 Å². The van der Waals surface area contributed by atoms with Gasteiger partial charge >= 0.3 is 0 Å². The second-order valence-electron chi connectivity index (χ2n) is 4.73. The van der Waals surface area contributed by atoms with Crippen LogP contribution in [0.3, 0.4) is 0 Å². The normalized spacial score (nSPS) is 16.2. The molecule has 2 rings (SSSR count). The van der Waals surface area contributed by atoms with Gasteiger partial charge in [-0.3, -0.25) is 0 Å². The molecule has 14 heavy (non-hydrogen) atoms. The van der Waals surface area contributed by atoms with E-state index in [1.54, 1.807) is 0 Å². The van der Waals surface area contributed by atoms with E-state index in [1.807, 2.05) is 12.1 Å². The van der Waals surface area contributed by atoms with Crippen molar-refractivity contribution >= 4 is 0 Å². The van der Waals surface area contributed by atoms with Crippen LogP contribution in [-0.2, 0) is 6.42 Å². The summed E-state index contributed by atoms with van der Waals surface area (Å²) in [7, 11) is 0. The van der Waals surface area contributed by atoms with E-state index in [4.69, 9.17) is 0 Å². The Hall–Kier alpha value is -0.980. The lowest BCUT2D eigenvalue weighted by Crippen LogP contribution is -1.92. The van der Waals surface area contributed by atoms with Crippen molar-refractivity contribution in [1.82, 2.24) is 0 Å². The van der Waals surface area contributed by atoms with E-state index >= 15 is 0 Å². The predicted molar refractivity (Wildman–Crippen MR) is 58.6 cm³/mol. The fourth-order valence-corrected chi connectivity index (χ4v) is 1.81. The van der Waals surface area contributed by atoms with Crippen LogP contribution in [0.2, 0.25) is 0 Å². The zero-order valence-electron chi connectivity index (χ0n) is 8.96. The second kappa shape index (κ2) is 3.64. The van der Waals surface area contributed by atoms with E-state index in [0.717, 1.165) is 12.3 Å². The van der Waals surface area contributed by atoms with Gasteiger partial charge in [-0.2, -0.15) is 0 Å². The minimum Gasteiger partial charge on any atom is -0.508 e. The highest BCUT2D eigenvalue weighted by molar-refractivity contribution is 5.35. The fourth-order valence-electron chi connectivity index (χ4n) is 1.81. The molecule has 1 N–H and O–H groups in total. The zero-order valence-corrected chi connectivity index (χ0v) is 8.96. The molecule has 1 nitrogen and oxygen atoms in total. The molecular formula is C13H18O. The topological polar surface area (TPSA) is 20.2 Å². The number of aromatic hydroxyl groups is 1. The first-order valence-corrected chi connectivity index (χ1v) is 5.48. The van der Waals surface area contributed by atoms with E-state index < -0.39 is 0 Å². The molecule has 0 unspecified atom stereocenters. The van der Waals surface area contributed by atoms with Gasteiger partial charge in [0, 0.05) is 0 Å². The van der Waals surface area contributed by atoms with Crippen LogP contribution >= 0.6 is 0 Å². The lowest BCUT2D eigenvalue weighted by molar-refractivity contribution is 0.473. The van der Waals surface area contributed by atoms with Crippen molar-refractivity contribution in [2.24, 2.45) is 5.92 Å². The first-order valence-electron chi connectivity index (χ1n) is 5.48. The second-order valence-corrected chi connectivity index (χ2v) is 4.73. The van der Waals surface area contributed by atoms with Crippen LogP contribution in [0.25, 0.3) is 0 Å². The Morgan fingerprint density at radius 2 is 2.00 bits per heavy atom. The summed E-state index contributed by atoms with van der Waals surface area (Å²) < 4.78 is 0. The molecule has 1 saturated carbocycles. The molecule has 0 spiro atoms. The quantitative estimate of drug-likeness (QED) is 0.773. The molecule has 0 amide bonds. The molecule has 0 aliphatic heterocycles. The van der Waals surface area contributed by atoms with Crippen molar-refractivity contribution in [3.05, 3.63) is 29.3 Å². The monoisotopic (exact) mass is 190 g/mol. The molecule has 1 aliphatic carbocycles. The van der Waals surface area contributed by atoms with Gasteiger partial charge in [0.2, 0.25) is 0 Å². The van der Waals surface area contributed by atoms with Crippen molar-refractivity contribution in [2.75, 3.05) is 0 Å². The minimum atomic E-state index is 0.423. The Bertz CT molecular complexity index is 324. The predicted octanol–water partition coefficient (Wildman–Crippen LogP) is 3.47. The third kappa shape index (κ3) is 2.28. The first kappa shape index (κ1) is 9.57. The van der Waals surface area contributed by atoms with E-state index in [9.17, 15) is 5.11 Å². The van der Waals surface area contributed by atoms with Crippen molar-refractivity contribution in [2.45, 2.75) is 39.0 Å². The highest BCUT2D eigenvalue weighted by atomic mass is 16.3. The van der Waals surface area contributed by atoms with Crippen LogP contribution in [0.15, 0.2) is 18.2 Å². The van der Waals surface area contributed by atoms with E-state index in [-0.39, 0.29) is 0 Å². The Kier molecular flexibility index (Phi) is 2.49. The average Bonchev–Trinajstić information content (AvgIpc) is 2.87. The number of phenolic OH excluding ortho intramolecular Hbond substituents is 1. The maximum absolute atomic E-state index is 9.58. The Labute approximate surface area is 85.8 Å². The molecule has 1 aliphatic rings. The van der Waals surface area contributed by atoms with Crippen molar-refractivity contribution in [3.8, 4) is 5.75 Å². The van der Waals surface area contributed by atoms with Crippen molar-refractivity contribution < 1.29 is 5.11 Å². The van der Waals surface area contributed by atoms with Crippen LogP contribution < -0.4 is 0 Å². The number of hydrogen-bond donors (Lipinski definition) is 1. The number of benzene rings is 1. The number of rotatable bonds is 3. The molecule has 1 heteroatoms. The smallest absolute Gasteiger partial charge is 0.116 e. The first-order chi connectivity index (χ1) is 6.65. The Morgan fingerprint density at radius 1 is 1.29 bits per heavy atom. The summed E-state index contributed by atoms with van der Waals surface area (Å²) in [6.45, 7) is 4.32. The highest BCUT2D eigenvalue weighted by Gasteiger charge is 2.21. The molecule has 1 aromatic rings. The van der Waals surface area contributed by atoms with Crippen molar-refractivity contribution in [3.63, 3.8) is 0 Å². The number of phenols is 1. The SMILES string of the molecule is CC(C)c1cc(O)cc(CC2CC2)c1. The van der Waals surface area contributed by atoms with Gasteiger partial charge in [-0.05, 0) is 54.4 Å². The lowest BCUT2D eigenvalue weighted by atomic mass is 9.98. The molecule has 1 aromatic carbocycles. The number of hydrogen-bond acceptors (Lipinski definition) is 1. The molecule has 0 bridgehead atoms. The lowest BCUT2D eigenvalue weighted by Gasteiger charge is -2.09. The third-order valence-electron chi connectivity index (χ3n) is 2.89. The van der Waals surface area contributed by atoms with Gasteiger partial charge in [0.05, 0.1) is 0 Å². The van der Waals surface area contributed by atoms with E-state index in [1.165, 1.54) is 24.0 Å². The molecule has 76 valence electrons. The summed E-state index contributed by atoms with van der Waals surface area (Å²) in [5.74, 6) is 1.81. The van der Waals surface area contributed by atoms with Gasteiger partial charge in [0.25, 0.3) is 0 Å². The van der Waals surface area contributed by atoms with Gasteiger partial charge in [-0.25, -0.2) is 0 Å². The van der Waals surface area contributed by atoms with Gasteiger partial charge in [-0.1, -0.05) is 19.9 Å². The van der Waals surface area contributed by atoms with Crippen molar-refractivity contribution in [1.29, 1.82) is 0 Å². The Morgan fingerprint density at radius 3 is 2.57 bits per heavy atom. The highest BCUT2D eigenvalue weighted by Crippen LogP contribution is 2.34. The van der Waals surface area contributed by atoms with Crippen LogP contribution in [0.1, 0.15) is 43.7 Å². The van der Waals surface area contributed by atoms with E-state index in [2.05, 4.69) is 19.9 Å². The summed E-state index contributed by atoms with van der Waals surface area (Å²) >= 11 is 0. The summed E-state index contributed by atoms with van der Waals surface area (Å²) in [5.41, 5.74) is 2.55. The largest absolute Gasteiger partial charge is 0.508 e. The van der Waals surface area contributed by atoms with Gasteiger partial charge in [0.15, 0.2) is 0 Å². The third-order valence-corrected chi connectivity index (χ3v) is 2.89. The summed E-state index contributed by atoms with van der Waals surface area (Å²) in [5, 5.41) is 9.58. The standard InChI is InChI=1S/C13H18O/c1-9(2)12-6-11(5-10-3-4-10)7-13(14)8-12/h6-10,14H,3-5H2,1-2H3. The minimum absolute atomic E-state index is 0.423. The fraction of sp³-hybridized carbons (Fsp3) is 0.538. The van der Waals surface area contributed by atoms with Crippen LogP contribution in [0, 0.1) is 5.92 Å². The maximum Gasteiger partial charge on any atom is 0.116 e. The Balaban J connectivity index is 2.21. The summed E-state index contributed by atoms with van der Waals surface area (Å²) in [6.07, 6.45) is 3.88. The van der Waals surface area contributed by atoms with Crippen LogP contribution in [0.5, 0.6) is 5.75 Å². The molecule has 1 fully saturated rings. The summed E-state index contributed by atoms with van der Waals surface area (Å²) in [4.78, 5) is 0.